The zero-order valence-corrected chi connectivity index (χ0v) is 17.1. The van der Waals surface area contributed by atoms with Gasteiger partial charge in [0.25, 0.3) is 11.8 Å². The van der Waals surface area contributed by atoms with Crippen LogP contribution in [0, 0.1) is 11.6 Å². The largest absolute Gasteiger partial charge is 0.335 e. The van der Waals surface area contributed by atoms with Crippen LogP contribution in [0.5, 0.6) is 0 Å². The van der Waals surface area contributed by atoms with E-state index < -0.39 is 17.5 Å². The lowest BCUT2D eigenvalue weighted by molar-refractivity contribution is 0.0532. The summed E-state index contributed by atoms with van der Waals surface area (Å²) in [6.07, 6.45) is 0. The Morgan fingerprint density at radius 2 is 1.16 bits per heavy atom. The summed E-state index contributed by atoms with van der Waals surface area (Å²) in [5.74, 6) is -2.40. The summed E-state index contributed by atoms with van der Waals surface area (Å²) in [6.45, 7) is 0.967. The molecule has 1 saturated heterocycles. The van der Waals surface area contributed by atoms with E-state index in [1.807, 2.05) is 6.07 Å². The minimum absolute atomic E-state index is 0.124. The number of nitrogens with zero attached hydrogens (tertiary/aromatic N) is 2. The van der Waals surface area contributed by atoms with Gasteiger partial charge in [0.15, 0.2) is 5.78 Å². The van der Waals surface area contributed by atoms with E-state index in [1.165, 1.54) is 4.90 Å². The van der Waals surface area contributed by atoms with Crippen molar-refractivity contribution in [2.24, 2.45) is 0 Å². The predicted octanol–water partition coefficient (Wildman–Crippen LogP) is 3.79. The third-order valence-electron chi connectivity index (χ3n) is 5.44. The molecule has 1 fully saturated rings. The first-order valence-corrected chi connectivity index (χ1v) is 10.2. The molecule has 0 spiro atoms. The second kappa shape index (κ2) is 9.09. The average Bonchev–Trinajstić information content (AvgIpc) is 2.85. The van der Waals surface area contributed by atoms with Crippen molar-refractivity contribution in [3.8, 4) is 0 Å². The molecule has 32 heavy (non-hydrogen) atoms. The molecule has 3 aromatic rings. The number of hydrogen-bond donors (Lipinski definition) is 0. The fourth-order valence-electron chi connectivity index (χ4n) is 3.65. The molecular weight excluding hydrogens is 414 g/mol. The highest BCUT2D eigenvalue weighted by atomic mass is 19.1. The summed E-state index contributed by atoms with van der Waals surface area (Å²) in [5, 5.41) is 0. The van der Waals surface area contributed by atoms with Crippen LogP contribution in [0.2, 0.25) is 0 Å². The zero-order valence-electron chi connectivity index (χ0n) is 17.1. The summed E-state index contributed by atoms with van der Waals surface area (Å²) in [6, 6.07) is 18.1. The van der Waals surface area contributed by atoms with Crippen LogP contribution in [0.15, 0.2) is 72.8 Å². The number of halogens is 2. The summed E-state index contributed by atoms with van der Waals surface area (Å²) in [7, 11) is 0. The minimum Gasteiger partial charge on any atom is -0.335 e. The second-order valence-corrected chi connectivity index (χ2v) is 7.48. The molecule has 162 valence electrons. The summed E-state index contributed by atoms with van der Waals surface area (Å²) < 4.78 is 27.3. The summed E-state index contributed by atoms with van der Waals surface area (Å²) in [5.41, 5.74) is 1.18. The molecule has 1 heterocycles. The first kappa shape index (κ1) is 21.4. The van der Waals surface area contributed by atoms with Crippen LogP contribution in [-0.4, -0.2) is 53.6 Å². The van der Waals surface area contributed by atoms with E-state index in [9.17, 15) is 23.2 Å². The van der Waals surface area contributed by atoms with E-state index in [0.717, 1.165) is 18.2 Å². The monoisotopic (exact) mass is 434 g/mol. The normalized spacial score (nSPS) is 13.7. The van der Waals surface area contributed by atoms with E-state index in [0.29, 0.717) is 16.7 Å². The van der Waals surface area contributed by atoms with Gasteiger partial charge in [-0.05, 0) is 30.3 Å². The maximum absolute atomic E-state index is 13.9. The first-order valence-electron chi connectivity index (χ1n) is 10.2. The van der Waals surface area contributed by atoms with Crippen molar-refractivity contribution < 1.29 is 23.2 Å². The van der Waals surface area contributed by atoms with Crippen LogP contribution in [0.4, 0.5) is 8.78 Å². The second-order valence-electron chi connectivity index (χ2n) is 7.48. The highest BCUT2D eigenvalue weighted by Crippen LogP contribution is 2.17. The van der Waals surface area contributed by atoms with Crippen LogP contribution < -0.4 is 0 Å². The maximum Gasteiger partial charge on any atom is 0.257 e. The van der Waals surface area contributed by atoms with E-state index in [-0.39, 0.29) is 43.4 Å². The van der Waals surface area contributed by atoms with Crippen molar-refractivity contribution in [3.05, 3.63) is 107 Å². The number of benzene rings is 3. The third-order valence-corrected chi connectivity index (χ3v) is 5.44. The van der Waals surface area contributed by atoms with Crippen molar-refractivity contribution in [1.29, 1.82) is 0 Å². The van der Waals surface area contributed by atoms with Crippen LogP contribution >= 0.6 is 0 Å². The number of carbonyl (C=O) groups is 3. The smallest absolute Gasteiger partial charge is 0.257 e. The fraction of sp³-hybridized carbons (Fsp3) is 0.160. The van der Waals surface area contributed by atoms with E-state index >= 15 is 0 Å². The van der Waals surface area contributed by atoms with E-state index in [4.69, 9.17) is 0 Å². The van der Waals surface area contributed by atoms with Gasteiger partial charge >= 0.3 is 0 Å². The molecule has 1 aliphatic rings. The molecular formula is C25H20F2N2O3. The Morgan fingerprint density at radius 3 is 1.78 bits per heavy atom. The third kappa shape index (κ3) is 4.42. The van der Waals surface area contributed by atoms with Crippen molar-refractivity contribution in [2.45, 2.75) is 0 Å². The van der Waals surface area contributed by atoms with Crippen molar-refractivity contribution >= 4 is 17.6 Å². The number of ketones is 1. The molecule has 5 nitrogen and oxygen atoms in total. The molecule has 0 bridgehead atoms. The van der Waals surface area contributed by atoms with Gasteiger partial charge in [-0.1, -0.05) is 42.5 Å². The molecule has 0 N–H and O–H groups in total. The Labute approximate surface area is 183 Å². The quantitative estimate of drug-likeness (QED) is 0.587. The van der Waals surface area contributed by atoms with Gasteiger partial charge in [-0.3, -0.25) is 14.4 Å². The van der Waals surface area contributed by atoms with Crippen molar-refractivity contribution in [2.75, 3.05) is 26.2 Å². The molecule has 0 atom stereocenters. The molecule has 3 aromatic carbocycles. The number of rotatable bonds is 4. The minimum atomic E-state index is -0.778. The Morgan fingerprint density at radius 1 is 0.625 bits per heavy atom. The topological polar surface area (TPSA) is 57.7 Å². The highest BCUT2D eigenvalue weighted by Gasteiger charge is 2.27. The number of amides is 2. The van der Waals surface area contributed by atoms with Gasteiger partial charge in [-0.2, -0.15) is 0 Å². The molecule has 0 aromatic heterocycles. The standard InChI is InChI=1S/C25H20F2N2O3/c26-20-10-11-22(27)21(16-20)25(32)29-14-12-28(13-15-29)24(31)19-8-6-18(7-9-19)23(30)17-4-2-1-3-5-17/h1-11,16H,12-15H2. The van der Waals surface area contributed by atoms with Crippen LogP contribution in [0.25, 0.3) is 0 Å². The van der Waals surface area contributed by atoms with Crippen LogP contribution in [0.1, 0.15) is 36.6 Å². The Hall–Kier alpha value is -3.87. The van der Waals surface area contributed by atoms with Crippen molar-refractivity contribution in [1.82, 2.24) is 9.80 Å². The predicted molar refractivity (Wildman–Crippen MR) is 114 cm³/mol. The van der Waals surface area contributed by atoms with Gasteiger partial charge in [0.1, 0.15) is 11.6 Å². The lowest BCUT2D eigenvalue weighted by Gasteiger charge is -2.35. The Balaban J connectivity index is 1.38. The van der Waals surface area contributed by atoms with E-state index in [1.54, 1.807) is 53.4 Å². The molecule has 7 heteroatoms. The maximum atomic E-state index is 13.9. The van der Waals surface area contributed by atoms with Crippen LogP contribution in [-0.2, 0) is 0 Å². The van der Waals surface area contributed by atoms with Gasteiger partial charge in [-0.15, -0.1) is 0 Å². The molecule has 0 aliphatic carbocycles. The van der Waals surface area contributed by atoms with Gasteiger partial charge < -0.3 is 9.80 Å². The Bertz CT molecular complexity index is 1160. The van der Waals surface area contributed by atoms with E-state index in [2.05, 4.69) is 0 Å². The number of hydrogen-bond acceptors (Lipinski definition) is 3. The van der Waals surface area contributed by atoms with Crippen LogP contribution in [0.3, 0.4) is 0 Å². The van der Waals surface area contributed by atoms with Gasteiger partial charge in [0.2, 0.25) is 0 Å². The molecule has 0 radical (unpaired) electrons. The van der Waals surface area contributed by atoms with Gasteiger partial charge in [0.05, 0.1) is 5.56 Å². The van der Waals surface area contributed by atoms with Gasteiger partial charge in [-0.25, -0.2) is 8.78 Å². The summed E-state index contributed by atoms with van der Waals surface area (Å²) >= 11 is 0. The lowest BCUT2D eigenvalue weighted by Crippen LogP contribution is -2.50. The SMILES string of the molecule is O=C(c1ccccc1)c1ccc(C(=O)N2CCN(C(=O)c3cc(F)ccc3F)CC2)cc1. The highest BCUT2D eigenvalue weighted by molar-refractivity contribution is 6.09. The number of carbonyl (C=O) groups excluding carboxylic acids is 3. The molecule has 0 unspecified atom stereocenters. The van der Waals surface area contributed by atoms with Crippen molar-refractivity contribution in [3.63, 3.8) is 0 Å². The number of piperazine rings is 1. The fourth-order valence-corrected chi connectivity index (χ4v) is 3.65. The molecule has 0 saturated carbocycles. The van der Waals surface area contributed by atoms with Gasteiger partial charge in [0, 0.05) is 42.9 Å². The summed E-state index contributed by atoms with van der Waals surface area (Å²) in [4.78, 5) is 40.9. The first-order chi connectivity index (χ1) is 15.4. The molecule has 1 aliphatic heterocycles. The molecule has 2 amide bonds. The Kier molecular flexibility index (Phi) is 6.07. The lowest BCUT2D eigenvalue weighted by atomic mass is 10.0. The average molecular weight is 434 g/mol. The molecule has 4 rings (SSSR count). The zero-order chi connectivity index (χ0) is 22.7.